The van der Waals surface area contributed by atoms with E-state index in [4.69, 9.17) is 4.74 Å². The summed E-state index contributed by atoms with van der Waals surface area (Å²) in [5.41, 5.74) is 1.11. The quantitative estimate of drug-likeness (QED) is 0.874. The van der Waals surface area contributed by atoms with Gasteiger partial charge in [-0.2, -0.15) is 0 Å². The first-order valence-electron chi connectivity index (χ1n) is 7.62. The highest BCUT2D eigenvalue weighted by atomic mass is 16.5. The van der Waals surface area contributed by atoms with Crippen LogP contribution in [-0.4, -0.2) is 39.6 Å². The zero-order valence-corrected chi connectivity index (χ0v) is 12.9. The number of aromatic nitrogens is 2. The lowest BCUT2D eigenvalue weighted by atomic mass is 10.1. The van der Waals surface area contributed by atoms with E-state index >= 15 is 0 Å². The Morgan fingerprint density at radius 1 is 1.32 bits per heavy atom. The summed E-state index contributed by atoms with van der Waals surface area (Å²) in [6, 6.07) is 9.83. The lowest BCUT2D eigenvalue weighted by molar-refractivity contribution is -0.147. The molecule has 1 saturated heterocycles. The van der Waals surface area contributed by atoms with Crippen LogP contribution in [0.5, 0.6) is 0 Å². The molecule has 0 spiro atoms. The molecule has 1 aromatic carbocycles. The Labute approximate surface area is 130 Å². The Morgan fingerprint density at radius 2 is 2.09 bits per heavy atom. The number of carbonyl (C=O) groups excluding carboxylic acids is 1. The monoisotopic (exact) mass is 299 g/mol. The number of imidazole rings is 1. The Kier molecular flexibility index (Phi) is 4.24. The van der Waals surface area contributed by atoms with Gasteiger partial charge in [-0.15, -0.1) is 0 Å². The van der Waals surface area contributed by atoms with E-state index in [1.165, 1.54) is 0 Å². The normalized spacial score (nSPS) is 23.3. The van der Waals surface area contributed by atoms with Crippen LogP contribution in [0.2, 0.25) is 0 Å². The van der Waals surface area contributed by atoms with Crippen molar-refractivity contribution in [3.63, 3.8) is 0 Å². The third-order valence-corrected chi connectivity index (χ3v) is 4.07. The minimum Gasteiger partial charge on any atom is -0.367 e. The van der Waals surface area contributed by atoms with E-state index in [1.807, 2.05) is 59.8 Å². The minimum absolute atomic E-state index is 0.0258. The van der Waals surface area contributed by atoms with Gasteiger partial charge < -0.3 is 14.2 Å². The average molecular weight is 299 g/mol. The minimum atomic E-state index is -0.246. The number of ether oxygens (including phenoxy) is 1. The summed E-state index contributed by atoms with van der Waals surface area (Å²) in [6.45, 7) is 5.13. The van der Waals surface area contributed by atoms with Crippen LogP contribution >= 0.6 is 0 Å². The molecule has 1 aliphatic rings. The van der Waals surface area contributed by atoms with Gasteiger partial charge in [0.15, 0.2) is 0 Å². The number of hydrogen-bond donors (Lipinski definition) is 0. The molecule has 3 atom stereocenters. The second-order valence-corrected chi connectivity index (χ2v) is 5.78. The second-order valence-electron chi connectivity index (χ2n) is 5.78. The highest BCUT2D eigenvalue weighted by molar-refractivity contribution is 5.80. The molecule has 1 fully saturated rings. The van der Waals surface area contributed by atoms with Crippen LogP contribution in [0.3, 0.4) is 0 Å². The molecule has 5 heteroatoms. The van der Waals surface area contributed by atoms with Gasteiger partial charge in [-0.1, -0.05) is 30.3 Å². The average Bonchev–Trinajstić information content (AvgIpc) is 3.08. The number of morpholine rings is 1. The van der Waals surface area contributed by atoms with Gasteiger partial charge in [0.25, 0.3) is 0 Å². The van der Waals surface area contributed by atoms with Crippen LogP contribution in [0, 0.1) is 0 Å². The van der Waals surface area contributed by atoms with Gasteiger partial charge in [-0.3, -0.25) is 4.79 Å². The summed E-state index contributed by atoms with van der Waals surface area (Å²) in [5.74, 6) is 0.106. The van der Waals surface area contributed by atoms with Crippen molar-refractivity contribution in [1.29, 1.82) is 0 Å². The van der Waals surface area contributed by atoms with Gasteiger partial charge in [0.05, 0.1) is 19.0 Å². The fourth-order valence-corrected chi connectivity index (χ4v) is 2.87. The maximum atomic E-state index is 12.7. The van der Waals surface area contributed by atoms with E-state index < -0.39 is 0 Å². The maximum absolute atomic E-state index is 12.7. The van der Waals surface area contributed by atoms with Crippen molar-refractivity contribution in [2.75, 3.05) is 13.1 Å². The van der Waals surface area contributed by atoms with Crippen molar-refractivity contribution in [3.8, 4) is 0 Å². The lowest BCUT2D eigenvalue weighted by Gasteiger charge is -2.38. The lowest BCUT2D eigenvalue weighted by Crippen LogP contribution is -2.47. The predicted molar refractivity (Wildman–Crippen MR) is 83.2 cm³/mol. The number of benzene rings is 1. The zero-order valence-electron chi connectivity index (χ0n) is 12.9. The molecule has 0 aliphatic carbocycles. The molecule has 22 heavy (non-hydrogen) atoms. The van der Waals surface area contributed by atoms with Gasteiger partial charge in [0.1, 0.15) is 12.1 Å². The molecule has 5 nitrogen and oxygen atoms in total. The van der Waals surface area contributed by atoms with Crippen LogP contribution < -0.4 is 0 Å². The highest BCUT2D eigenvalue weighted by Gasteiger charge is 2.31. The predicted octanol–water partition coefficient (Wildman–Crippen LogP) is 2.43. The molecule has 0 saturated carbocycles. The smallest absolute Gasteiger partial charge is 0.245 e. The molecule has 2 heterocycles. The van der Waals surface area contributed by atoms with Crippen LogP contribution in [0.25, 0.3) is 0 Å². The summed E-state index contributed by atoms with van der Waals surface area (Å²) in [4.78, 5) is 18.7. The Morgan fingerprint density at radius 3 is 2.77 bits per heavy atom. The third kappa shape index (κ3) is 3.04. The molecule has 0 unspecified atom stereocenters. The number of amides is 1. The van der Waals surface area contributed by atoms with Crippen molar-refractivity contribution in [3.05, 3.63) is 54.6 Å². The molecule has 3 rings (SSSR count). The van der Waals surface area contributed by atoms with Crippen LogP contribution in [-0.2, 0) is 9.53 Å². The molecular weight excluding hydrogens is 278 g/mol. The summed E-state index contributed by atoms with van der Waals surface area (Å²) in [7, 11) is 0. The van der Waals surface area contributed by atoms with Crippen molar-refractivity contribution < 1.29 is 9.53 Å². The molecule has 116 valence electrons. The summed E-state index contributed by atoms with van der Waals surface area (Å²) < 4.78 is 7.84. The van der Waals surface area contributed by atoms with E-state index in [0.717, 1.165) is 5.56 Å². The van der Waals surface area contributed by atoms with E-state index in [0.29, 0.717) is 13.1 Å². The van der Waals surface area contributed by atoms with Crippen molar-refractivity contribution in [2.45, 2.75) is 32.1 Å². The molecule has 0 N–H and O–H groups in total. The van der Waals surface area contributed by atoms with Crippen molar-refractivity contribution in [2.24, 2.45) is 0 Å². The summed E-state index contributed by atoms with van der Waals surface area (Å²) >= 11 is 0. The van der Waals surface area contributed by atoms with Gasteiger partial charge in [-0.05, 0) is 19.4 Å². The first-order chi connectivity index (χ1) is 10.6. The van der Waals surface area contributed by atoms with E-state index in [2.05, 4.69) is 4.98 Å². The van der Waals surface area contributed by atoms with Crippen molar-refractivity contribution in [1.82, 2.24) is 14.5 Å². The number of carbonyl (C=O) groups is 1. The zero-order chi connectivity index (χ0) is 15.5. The standard InChI is InChI=1S/C17H21N3O2/c1-13-10-20(17(21)14(2)19-9-8-18-12-19)11-16(22-13)15-6-4-3-5-7-15/h3-9,12-14,16H,10-11H2,1-2H3/t13-,14+,16+/m1/s1. The third-order valence-electron chi connectivity index (χ3n) is 4.07. The molecule has 1 aliphatic heterocycles. The van der Waals surface area contributed by atoms with Gasteiger partial charge in [-0.25, -0.2) is 4.98 Å². The van der Waals surface area contributed by atoms with Gasteiger partial charge in [0, 0.05) is 18.9 Å². The van der Waals surface area contributed by atoms with E-state index in [9.17, 15) is 4.79 Å². The maximum Gasteiger partial charge on any atom is 0.245 e. The molecule has 2 aromatic rings. The topological polar surface area (TPSA) is 47.4 Å². The van der Waals surface area contributed by atoms with Crippen LogP contribution in [0.1, 0.15) is 31.6 Å². The van der Waals surface area contributed by atoms with Crippen LogP contribution in [0.4, 0.5) is 0 Å². The Balaban J connectivity index is 1.75. The molecule has 0 bridgehead atoms. The summed E-state index contributed by atoms with van der Waals surface area (Å²) in [6.07, 6.45) is 5.16. The first-order valence-corrected chi connectivity index (χ1v) is 7.62. The summed E-state index contributed by atoms with van der Waals surface area (Å²) in [5, 5.41) is 0. The van der Waals surface area contributed by atoms with E-state index in [-0.39, 0.29) is 24.2 Å². The fourth-order valence-electron chi connectivity index (χ4n) is 2.87. The Bertz CT molecular complexity index is 612. The van der Waals surface area contributed by atoms with E-state index in [1.54, 1.807) is 12.5 Å². The number of rotatable bonds is 3. The second kappa shape index (κ2) is 6.32. The number of hydrogen-bond acceptors (Lipinski definition) is 3. The van der Waals surface area contributed by atoms with Gasteiger partial charge >= 0.3 is 0 Å². The first kappa shape index (κ1) is 14.8. The molecule has 0 radical (unpaired) electrons. The largest absolute Gasteiger partial charge is 0.367 e. The highest BCUT2D eigenvalue weighted by Crippen LogP contribution is 2.26. The molecular formula is C17H21N3O2. The number of nitrogens with zero attached hydrogens (tertiary/aromatic N) is 3. The Hall–Kier alpha value is -2.14. The molecule has 1 amide bonds. The molecule has 1 aromatic heterocycles. The SMILES string of the molecule is C[C@@H]1CN(C(=O)[C@H](C)n2ccnc2)C[C@@H](c2ccccc2)O1. The van der Waals surface area contributed by atoms with Gasteiger partial charge in [0.2, 0.25) is 5.91 Å². The van der Waals surface area contributed by atoms with Crippen molar-refractivity contribution >= 4 is 5.91 Å². The van der Waals surface area contributed by atoms with Crippen LogP contribution in [0.15, 0.2) is 49.1 Å². The fraction of sp³-hybridized carbons (Fsp3) is 0.412.